The molecule has 0 aromatic heterocycles. The molecule has 1 aromatic rings. The van der Waals surface area contributed by atoms with Crippen molar-refractivity contribution in [2.45, 2.75) is 6.92 Å². The van der Waals surface area contributed by atoms with E-state index in [4.69, 9.17) is 15.6 Å². The zero-order chi connectivity index (χ0) is 12.3. The Bertz CT molecular complexity index is 444. The summed E-state index contributed by atoms with van der Waals surface area (Å²) in [5.41, 5.74) is 5.94. The highest BCUT2D eigenvalue weighted by atomic mass is 16.6. The van der Waals surface area contributed by atoms with Crippen LogP contribution >= 0.6 is 0 Å². The molecule has 0 saturated heterocycles. The lowest BCUT2D eigenvalue weighted by atomic mass is 10.1. The largest absolute Gasteiger partial charge is 0.479 e. The minimum absolute atomic E-state index is 0.000278. The van der Waals surface area contributed by atoms with Gasteiger partial charge in [-0.05, 0) is 13.0 Å². The van der Waals surface area contributed by atoms with Gasteiger partial charge in [-0.15, -0.1) is 0 Å². The van der Waals surface area contributed by atoms with Crippen LogP contribution in [0.1, 0.15) is 5.56 Å². The average molecular weight is 226 g/mol. The Hall–Kier alpha value is -2.31. The molecule has 0 aliphatic rings. The lowest BCUT2D eigenvalue weighted by Crippen LogP contribution is -2.10. The molecule has 16 heavy (non-hydrogen) atoms. The van der Waals surface area contributed by atoms with E-state index >= 15 is 0 Å². The number of hydrogen-bond donors (Lipinski definition) is 2. The fourth-order valence-corrected chi connectivity index (χ4v) is 1.16. The number of carboxylic acids is 1. The predicted molar refractivity (Wildman–Crippen MR) is 55.4 cm³/mol. The number of anilines is 1. The average Bonchev–Trinajstić information content (AvgIpc) is 2.15. The van der Waals surface area contributed by atoms with Crippen molar-refractivity contribution in [1.29, 1.82) is 0 Å². The molecule has 0 atom stereocenters. The molecule has 7 heteroatoms. The van der Waals surface area contributed by atoms with Gasteiger partial charge >= 0.3 is 5.97 Å². The van der Waals surface area contributed by atoms with Gasteiger partial charge in [0, 0.05) is 5.56 Å². The van der Waals surface area contributed by atoms with Crippen molar-refractivity contribution in [3.63, 3.8) is 0 Å². The number of nitrogens with two attached hydrogens (primary N) is 1. The number of benzene rings is 1. The standard InChI is InChI=1S/C9H10N2O5/c1-5-2-6(10)8(16-4-9(12)13)3-7(5)11(14)15/h2-3H,4,10H2,1H3,(H,12,13). The number of nitro groups is 1. The van der Waals surface area contributed by atoms with Crippen molar-refractivity contribution in [3.05, 3.63) is 27.8 Å². The summed E-state index contributed by atoms with van der Waals surface area (Å²) in [6.07, 6.45) is 0. The van der Waals surface area contributed by atoms with E-state index in [0.717, 1.165) is 6.07 Å². The van der Waals surface area contributed by atoms with E-state index in [-0.39, 0.29) is 17.1 Å². The molecule has 0 amide bonds. The summed E-state index contributed by atoms with van der Waals surface area (Å²) in [4.78, 5) is 20.3. The Balaban J connectivity index is 3.05. The highest BCUT2D eigenvalue weighted by Gasteiger charge is 2.15. The van der Waals surface area contributed by atoms with Gasteiger partial charge < -0.3 is 15.6 Å². The summed E-state index contributed by atoms with van der Waals surface area (Å²) in [6.45, 7) is 0.944. The van der Waals surface area contributed by atoms with Gasteiger partial charge in [0.2, 0.25) is 0 Å². The molecule has 7 nitrogen and oxygen atoms in total. The van der Waals surface area contributed by atoms with Crippen LogP contribution in [-0.4, -0.2) is 22.6 Å². The van der Waals surface area contributed by atoms with Gasteiger partial charge in [-0.2, -0.15) is 0 Å². The summed E-state index contributed by atoms with van der Waals surface area (Å²) in [5.74, 6) is -1.18. The first-order valence-electron chi connectivity index (χ1n) is 4.31. The van der Waals surface area contributed by atoms with Crippen molar-refractivity contribution in [2.24, 2.45) is 0 Å². The van der Waals surface area contributed by atoms with Gasteiger partial charge in [0.25, 0.3) is 5.69 Å². The number of hydrogen-bond acceptors (Lipinski definition) is 5. The second kappa shape index (κ2) is 4.47. The molecule has 0 spiro atoms. The van der Waals surface area contributed by atoms with Gasteiger partial charge in [-0.25, -0.2) is 4.79 Å². The highest BCUT2D eigenvalue weighted by Crippen LogP contribution is 2.30. The third-order valence-electron chi connectivity index (χ3n) is 1.88. The van der Waals surface area contributed by atoms with Crippen LogP contribution < -0.4 is 10.5 Å². The maximum Gasteiger partial charge on any atom is 0.341 e. The number of carboxylic acid groups (broad SMARTS) is 1. The summed E-state index contributed by atoms with van der Waals surface area (Å²) in [7, 11) is 0. The fraction of sp³-hybridized carbons (Fsp3) is 0.222. The van der Waals surface area contributed by atoms with Gasteiger partial charge in [0.05, 0.1) is 16.7 Å². The van der Waals surface area contributed by atoms with Crippen molar-refractivity contribution in [1.82, 2.24) is 0 Å². The number of aliphatic carboxylic acids is 1. The van der Waals surface area contributed by atoms with Gasteiger partial charge in [0.15, 0.2) is 6.61 Å². The van der Waals surface area contributed by atoms with E-state index in [0.29, 0.717) is 5.56 Å². The summed E-state index contributed by atoms with van der Waals surface area (Å²) in [5, 5.41) is 19.0. The number of nitrogens with zero attached hydrogens (tertiary/aromatic N) is 1. The first-order valence-corrected chi connectivity index (χ1v) is 4.31. The molecule has 0 unspecified atom stereocenters. The van der Waals surface area contributed by atoms with Crippen LogP contribution in [0.3, 0.4) is 0 Å². The van der Waals surface area contributed by atoms with E-state index < -0.39 is 17.5 Å². The molecule has 0 radical (unpaired) electrons. The molecule has 0 aliphatic carbocycles. The van der Waals surface area contributed by atoms with Gasteiger partial charge in [-0.3, -0.25) is 10.1 Å². The number of aryl methyl sites for hydroxylation is 1. The van der Waals surface area contributed by atoms with Crippen LogP contribution in [0.25, 0.3) is 0 Å². The predicted octanol–water partition coefficient (Wildman–Crippen LogP) is 0.949. The molecule has 0 bridgehead atoms. The Kier molecular flexibility index (Phi) is 3.29. The summed E-state index contributed by atoms with van der Waals surface area (Å²) >= 11 is 0. The molecule has 0 heterocycles. The van der Waals surface area contributed by atoms with Gasteiger partial charge in [0.1, 0.15) is 5.75 Å². The van der Waals surface area contributed by atoms with Crippen LogP contribution in [0.2, 0.25) is 0 Å². The summed E-state index contributed by atoms with van der Waals surface area (Å²) in [6, 6.07) is 2.49. The van der Waals surface area contributed by atoms with E-state index in [1.807, 2.05) is 0 Å². The Morgan fingerprint density at radius 3 is 2.75 bits per heavy atom. The minimum Gasteiger partial charge on any atom is -0.479 e. The molecule has 1 rings (SSSR count). The number of nitrogen functional groups attached to an aromatic ring is 1. The molecule has 0 fully saturated rings. The normalized spacial score (nSPS) is 9.81. The molecule has 86 valence electrons. The topological polar surface area (TPSA) is 116 Å². The van der Waals surface area contributed by atoms with E-state index in [2.05, 4.69) is 0 Å². The lowest BCUT2D eigenvalue weighted by molar-refractivity contribution is -0.385. The number of ether oxygens (including phenoxy) is 1. The maximum absolute atomic E-state index is 10.6. The zero-order valence-electron chi connectivity index (χ0n) is 8.47. The van der Waals surface area contributed by atoms with Crippen molar-refractivity contribution >= 4 is 17.3 Å². The first kappa shape index (κ1) is 11.8. The smallest absolute Gasteiger partial charge is 0.341 e. The van der Waals surface area contributed by atoms with Crippen molar-refractivity contribution < 1.29 is 19.6 Å². The molecular weight excluding hydrogens is 216 g/mol. The van der Waals surface area contributed by atoms with Crippen LogP contribution in [0.4, 0.5) is 11.4 Å². The second-order valence-electron chi connectivity index (χ2n) is 3.12. The Labute approximate surface area is 90.6 Å². The van der Waals surface area contributed by atoms with Crippen LogP contribution in [0.5, 0.6) is 5.75 Å². The molecular formula is C9H10N2O5. The molecule has 3 N–H and O–H groups in total. The monoisotopic (exact) mass is 226 g/mol. The van der Waals surface area contributed by atoms with Crippen molar-refractivity contribution in [2.75, 3.05) is 12.3 Å². The fourth-order valence-electron chi connectivity index (χ4n) is 1.16. The summed E-state index contributed by atoms with van der Waals surface area (Å²) < 4.78 is 4.82. The minimum atomic E-state index is -1.18. The van der Waals surface area contributed by atoms with Crippen LogP contribution in [-0.2, 0) is 4.79 Å². The van der Waals surface area contributed by atoms with Crippen LogP contribution in [0.15, 0.2) is 12.1 Å². The molecule has 0 saturated carbocycles. The molecule has 1 aromatic carbocycles. The second-order valence-corrected chi connectivity index (χ2v) is 3.12. The zero-order valence-corrected chi connectivity index (χ0v) is 8.47. The van der Waals surface area contributed by atoms with E-state index in [1.54, 1.807) is 0 Å². The number of rotatable bonds is 4. The SMILES string of the molecule is Cc1cc(N)c(OCC(=O)O)cc1[N+](=O)[O-]. The van der Waals surface area contributed by atoms with E-state index in [9.17, 15) is 14.9 Å². The molecule has 0 aliphatic heterocycles. The Morgan fingerprint density at radius 2 is 2.25 bits per heavy atom. The first-order chi connectivity index (χ1) is 7.41. The Morgan fingerprint density at radius 1 is 1.62 bits per heavy atom. The van der Waals surface area contributed by atoms with E-state index in [1.165, 1.54) is 13.0 Å². The number of nitro benzene ring substituents is 1. The van der Waals surface area contributed by atoms with Crippen molar-refractivity contribution in [3.8, 4) is 5.75 Å². The van der Waals surface area contributed by atoms with Crippen LogP contribution in [0, 0.1) is 17.0 Å². The highest BCUT2D eigenvalue weighted by molar-refractivity contribution is 5.69. The van der Waals surface area contributed by atoms with Gasteiger partial charge in [-0.1, -0.05) is 0 Å². The third kappa shape index (κ3) is 2.59. The maximum atomic E-state index is 10.6. The number of carbonyl (C=O) groups is 1. The quantitative estimate of drug-likeness (QED) is 0.448. The third-order valence-corrected chi connectivity index (χ3v) is 1.88. The lowest BCUT2D eigenvalue weighted by Gasteiger charge is -2.07.